The summed E-state index contributed by atoms with van der Waals surface area (Å²) in [6.45, 7) is 1.38. The minimum absolute atomic E-state index is 0.0228. The van der Waals surface area contributed by atoms with Crippen LogP contribution in [0.2, 0.25) is 0 Å². The van der Waals surface area contributed by atoms with Gasteiger partial charge in [0.1, 0.15) is 5.75 Å². The van der Waals surface area contributed by atoms with E-state index in [-0.39, 0.29) is 11.9 Å². The summed E-state index contributed by atoms with van der Waals surface area (Å²) < 4.78 is 10.6. The van der Waals surface area contributed by atoms with E-state index in [4.69, 9.17) is 9.26 Å². The summed E-state index contributed by atoms with van der Waals surface area (Å²) >= 11 is 0. The molecule has 1 fully saturated rings. The van der Waals surface area contributed by atoms with Gasteiger partial charge in [0, 0.05) is 32.7 Å². The Kier molecular flexibility index (Phi) is 4.69. The van der Waals surface area contributed by atoms with Crippen LogP contribution in [-0.4, -0.2) is 60.3 Å². The number of benzene rings is 1. The molecule has 2 amide bonds. The maximum absolute atomic E-state index is 12.1. The fourth-order valence-electron chi connectivity index (χ4n) is 2.89. The Balaban J connectivity index is 1.73. The van der Waals surface area contributed by atoms with Gasteiger partial charge in [0.15, 0.2) is 0 Å². The summed E-state index contributed by atoms with van der Waals surface area (Å²) in [6, 6.07) is 7.55. The van der Waals surface area contributed by atoms with Gasteiger partial charge in [-0.05, 0) is 37.1 Å². The normalized spacial score (nSPS) is 17.6. The summed E-state index contributed by atoms with van der Waals surface area (Å²) in [5.74, 6) is 2.02. The summed E-state index contributed by atoms with van der Waals surface area (Å²) in [5.41, 5.74) is 0.878. The van der Waals surface area contributed by atoms with Crippen molar-refractivity contribution in [3.63, 3.8) is 0 Å². The zero-order valence-electron chi connectivity index (χ0n) is 14.2. The standard InChI is InChI=1S/C17H22N4O3/c1-20(2)17(22)21-10-4-5-13(11-21)16-18-15(19-24-16)12-6-8-14(23-3)9-7-12/h6-9,13H,4-5,10-11H2,1-3H3. The molecule has 1 aromatic carbocycles. The number of piperidine rings is 1. The lowest BCUT2D eigenvalue weighted by atomic mass is 9.98. The van der Waals surface area contributed by atoms with Crippen LogP contribution in [0, 0.1) is 0 Å². The molecule has 1 aromatic heterocycles. The Morgan fingerprint density at radius 3 is 2.75 bits per heavy atom. The van der Waals surface area contributed by atoms with Crippen LogP contribution in [0.4, 0.5) is 4.79 Å². The minimum atomic E-state index is 0.0228. The second kappa shape index (κ2) is 6.90. The van der Waals surface area contributed by atoms with Crippen molar-refractivity contribution < 1.29 is 14.1 Å². The lowest BCUT2D eigenvalue weighted by molar-refractivity contribution is 0.149. The molecule has 7 nitrogen and oxygen atoms in total. The van der Waals surface area contributed by atoms with Crippen molar-refractivity contribution in [1.82, 2.24) is 19.9 Å². The Morgan fingerprint density at radius 1 is 1.33 bits per heavy atom. The number of amides is 2. The zero-order chi connectivity index (χ0) is 17.1. The smallest absolute Gasteiger partial charge is 0.319 e. The summed E-state index contributed by atoms with van der Waals surface area (Å²) in [5, 5.41) is 4.08. The predicted molar refractivity (Wildman–Crippen MR) is 88.9 cm³/mol. The Labute approximate surface area is 141 Å². The second-order valence-corrected chi connectivity index (χ2v) is 6.15. The number of hydrogen-bond donors (Lipinski definition) is 0. The molecular weight excluding hydrogens is 308 g/mol. The SMILES string of the molecule is COc1ccc(-c2noc(C3CCCN(C(=O)N(C)C)C3)n2)cc1. The first-order valence-electron chi connectivity index (χ1n) is 8.02. The molecule has 2 heterocycles. The van der Waals surface area contributed by atoms with Crippen molar-refractivity contribution >= 4 is 6.03 Å². The number of hydrogen-bond acceptors (Lipinski definition) is 5. The molecule has 0 saturated carbocycles. The fourth-order valence-corrected chi connectivity index (χ4v) is 2.89. The molecule has 128 valence electrons. The molecule has 1 aliphatic heterocycles. The Morgan fingerprint density at radius 2 is 2.08 bits per heavy atom. The van der Waals surface area contributed by atoms with E-state index in [2.05, 4.69) is 10.1 Å². The van der Waals surface area contributed by atoms with Crippen LogP contribution in [0.1, 0.15) is 24.7 Å². The van der Waals surface area contributed by atoms with Gasteiger partial charge in [0.2, 0.25) is 11.7 Å². The van der Waals surface area contributed by atoms with Gasteiger partial charge in [-0.15, -0.1) is 0 Å². The largest absolute Gasteiger partial charge is 0.497 e. The van der Waals surface area contributed by atoms with Crippen molar-refractivity contribution in [2.75, 3.05) is 34.3 Å². The molecule has 7 heteroatoms. The molecule has 0 spiro atoms. The first-order valence-corrected chi connectivity index (χ1v) is 8.02. The van der Waals surface area contributed by atoms with Crippen molar-refractivity contribution in [2.24, 2.45) is 0 Å². The zero-order valence-corrected chi connectivity index (χ0v) is 14.2. The summed E-state index contributed by atoms with van der Waals surface area (Å²) in [6.07, 6.45) is 1.88. The second-order valence-electron chi connectivity index (χ2n) is 6.15. The van der Waals surface area contributed by atoms with Crippen LogP contribution >= 0.6 is 0 Å². The number of ether oxygens (including phenoxy) is 1. The molecule has 1 unspecified atom stereocenters. The van der Waals surface area contributed by atoms with Gasteiger partial charge in [-0.2, -0.15) is 4.98 Å². The average molecular weight is 330 g/mol. The number of aromatic nitrogens is 2. The number of rotatable bonds is 3. The van der Waals surface area contributed by atoms with Gasteiger partial charge < -0.3 is 19.1 Å². The van der Waals surface area contributed by atoms with Crippen LogP contribution in [0.5, 0.6) is 5.75 Å². The van der Waals surface area contributed by atoms with E-state index in [1.54, 1.807) is 26.1 Å². The predicted octanol–water partition coefficient (Wildman–Crippen LogP) is 2.61. The van der Waals surface area contributed by atoms with Crippen LogP contribution in [0.3, 0.4) is 0 Å². The van der Waals surface area contributed by atoms with E-state index >= 15 is 0 Å². The molecule has 1 aliphatic rings. The molecule has 1 atom stereocenters. The summed E-state index contributed by atoms with van der Waals surface area (Å²) in [4.78, 5) is 20.1. The van der Waals surface area contributed by atoms with Crippen LogP contribution < -0.4 is 4.74 Å². The molecule has 0 bridgehead atoms. The molecule has 2 aromatic rings. The molecule has 0 radical (unpaired) electrons. The number of likely N-dealkylation sites (tertiary alicyclic amines) is 1. The lowest BCUT2D eigenvalue weighted by Gasteiger charge is -2.32. The number of carbonyl (C=O) groups is 1. The molecule has 1 saturated heterocycles. The number of urea groups is 1. The van der Waals surface area contributed by atoms with Crippen LogP contribution in [0.25, 0.3) is 11.4 Å². The van der Waals surface area contributed by atoms with Gasteiger partial charge >= 0.3 is 6.03 Å². The molecule has 0 aliphatic carbocycles. The number of methoxy groups -OCH3 is 1. The van der Waals surface area contributed by atoms with Crippen LogP contribution in [0.15, 0.2) is 28.8 Å². The first-order chi connectivity index (χ1) is 11.6. The highest BCUT2D eigenvalue weighted by Gasteiger charge is 2.29. The third kappa shape index (κ3) is 3.34. The monoisotopic (exact) mass is 330 g/mol. The van der Waals surface area contributed by atoms with Gasteiger partial charge in [0.05, 0.1) is 13.0 Å². The maximum Gasteiger partial charge on any atom is 0.319 e. The lowest BCUT2D eigenvalue weighted by Crippen LogP contribution is -2.44. The van der Waals surface area contributed by atoms with Gasteiger partial charge in [-0.25, -0.2) is 4.79 Å². The highest BCUT2D eigenvalue weighted by atomic mass is 16.5. The van der Waals surface area contributed by atoms with E-state index in [1.807, 2.05) is 29.2 Å². The highest BCUT2D eigenvalue weighted by Crippen LogP contribution is 2.28. The van der Waals surface area contributed by atoms with Crippen molar-refractivity contribution in [2.45, 2.75) is 18.8 Å². The first kappa shape index (κ1) is 16.3. The van der Waals surface area contributed by atoms with E-state index in [9.17, 15) is 4.79 Å². The Bertz CT molecular complexity index is 696. The minimum Gasteiger partial charge on any atom is -0.497 e. The maximum atomic E-state index is 12.1. The van der Waals surface area contributed by atoms with E-state index < -0.39 is 0 Å². The van der Waals surface area contributed by atoms with Crippen molar-refractivity contribution in [3.05, 3.63) is 30.2 Å². The van der Waals surface area contributed by atoms with E-state index in [0.29, 0.717) is 18.3 Å². The van der Waals surface area contributed by atoms with E-state index in [1.165, 1.54) is 0 Å². The molecule has 0 N–H and O–H groups in total. The Hall–Kier alpha value is -2.57. The topological polar surface area (TPSA) is 71.7 Å². The quantitative estimate of drug-likeness (QED) is 0.865. The van der Waals surface area contributed by atoms with Crippen LogP contribution in [-0.2, 0) is 0 Å². The number of carbonyl (C=O) groups excluding carboxylic acids is 1. The van der Waals surface area contributed by atoms with Gasteiger partial charge in [-0.3, -0.25) is 0 Å². The summed E-state index contributed by atoms with van der Waals surface area (Å²) in [7, 11) is 5.16. The number of nitrogens with zero attached hydrogens (tertiary/aromatic N) is 4. The molecule has 3 rings (SSSR count). The molecular formula is C17H22N4O3. The molecule has 24 heavy (non-hydrogen) atoms. The van der Waals surface area contributed by atoms with Crippen molar-refractivity contribution in [1.29, 1.82) is 0 Å². The van der Waals surface area contributed by atoms with Crippen molar-refractivity contribution in [3.8, 4) is 17.1 Å². The average Bonchev–Trinajstić information content (AvgIpc) is 3.11. The fraction of sp³-hybridized carbons (Fsp3) is 0.471. The van der Waals surface area contributed by atoms with E-state index in [0.717, 1.165) is 30.7 Å². The highest BCUT2D eigenvalue weighted by molar-refractivity contribution is 5.74. The van der Waals surface area contributed by atoms with Gasteiger partial charge in [0.25, 0.3) is 0 Å². The third-order valence-corrected chi connectivity index (χ3v) is 4.21. The third-order valence-electron chi connectivity index (χ3n) is 4.21. The van der Waals surface area contributed by atoms with Gasteiger partial charge in [-0.1, -0.05) is 5.16 Å².